The maximum atomic E-state index is 12.5. The Labute approximate surface area is 138 Å². The molecule has 0 amide bonds. The minimum Gasteiger partial charge on any atom is -0.306 e. The average Bonchev–Trinajstić information content (AvgIpc) is 2.41. The van der Waals surface area contributed by atoms with Crippen LogP contribution in [-0.4, -0.2) is 39.0 Å². The van der Waals surface area contributed by atoms with E-state index in [1.54, 1.807) is 6.07 Å². The second-order valence-corrected chi connectivity index (χ2v) is 8.15. The standard InChI is InChI=1S/C13H15BrClN3O2S/c1-18-6-4-13(9-16,5-7-18)17-21(19,20)12-3-2-10(14)8-11(12)15/h2-3,8,17H,4-7H2,1H3. The van der Waals surface area contributed by atoms with Crippen molar-refractivity contribution in [3.05, 3.63) is 27.7 Å². The molecule has 0 aromatic heterocycles. The van der Waals surface area contributed by atoms with Gasteiger partial charge in [-0.15, -0.1) is 0 Å². The number of rotatable bonds is 3. The Morgan fingerprint density at radius 1 is 1.43 bits per heavy atom. The molecule has 0 spiro atoms. The highest BCUT2D eigenvalue weighted by Gasteiger charge is 2.38. The van der Waals surface area contributed by atoms with Crippen LogP contribution in [0.2, 0.25) is 5.02 Å². The van der Waals surface area contributed by atoms with Gasteiger partial charge in [-0.05, 0) is 38.1 Å². The summed E-state index contributed by atoms with van der Waals surface area (Å²) in [5.74, 6) is 0. The molecule has 0 unspecified atom stereocenters. The van der Waals surface area contributed by atoms with Crippen molar-refractivity contribution in [3.63, 3.8) is 0 Å². The summed E-state index contributed by atoms with van der Waals surface area (Å²) < 4.78 is 28.2. The fraction of sp³-hybridized carbons (Fsp3) is 0.462. The van der Waals surface area contributed by atoms with Gasteiger partial charge in [0.2, 0.25) is 10.0 Å². The second kappa shape index (κ2) is 6.23. The van der Waals surface area contributed by atoms with Crippen molar-refractivity contribution in [3.8, 4) is 6.07 Å². The number of piperidine rings is 1. The van der Waals surface area contributed by atoms with Gasteiger partial charge in [-0.3, -0.25) is 0 Å². The molecule has 0 atom stereocenters. The van der Waals surface area contributed by atoms with Crippen molar-refractivity contribution in [1.82, 2.24) is 9.62 Å². The van der Waals surface area contributed by atoms with E-state index in [1.165, 1.54) is 12.1 Å². The number of likely N-dealkylation sites (tertiary alicyclic amines) is 1. The molecular weight excluding hydrogens is 378 g/mol. The van der Waals surface area contributed by atoms with Gasteiger partial charge in [0.05, 0.1) is 11.1 Å². The average molecular weight is 393 g/mol. The summed E-state index contributed by atoms with van der Waals surface area (Å²) in [5.41, 5.74) is -1.07. The molecule has 1 heterocycles. The van der Waals surface area contributed by atoms with E-state index in [4.69, 9.17) is 11.6 Å². The third kappa shape index (κ3) is 3.76. The molecule has 114 valence electrons. The first-order chi connectivity index (χ1) is 9.78. The number of nitriles is 1. The van der Waals surface area contributed by atoms with Gasteiger partial charge < -0.3 is 4.90 Å². The molecule has 0 radical (unpaired) electrons. The first-order valence-electron chi connectivity index (χ1n) is 6.37. The predicted octanol–water partition coefficient (Wildman–Crippen LogP) is 2.37. The largest absolute Gasteiger partial charge is 0.306 e. The van der Waals surface area contributed by atoms with Gasteiger partial charge in [-0.25, -0.2) is 8.42 Å². The van der Waals surface area contributed by atoms with Crippen molar-refractivity contribution in [2.75, 3.05) is 20.1 Å². The van der Waals surface area contributed by atoms with Crippen LogP contribution in [0, 0.1) is 11.3 Å². The van der Waals surface area contributed by atoms with Crippen LogP contribution in [0.3, 0.4) is 0 Å². The smallest absolute Gasteiger partial charge is 0.243 e. The molecule has 1 N–H and O–H groups in total. The summed E-state index contributed by atoms with van der Waals surface area (Å²) in [6.45, 7) is 1.34. The van der Waals surface area contributed by atoms with E-state index in [9.17, 15) is 13.7 Å². The van der Waals surface area contributed by atoms with Gasteiger partial charge in [0, 0.05) is 17.6 Å². The van der Waals surface area contributed by atoms with E-state index in [2.05, 4.69) is 31.6 Å². The molecule has 1 aliphatic rings. The van der Waals surface area contributed by atoms with Crippen LogP contribution in [-0.2, 0) is 10.0 Å². The van der Waals surface area contributed by atoms with Gasteiger partial charge >= 0.3 is 0 Å². The predicted molar refractivity (Wildman–Crippen MR) is 84.5 cm³/mol. The Hall–Kier alpha value is -0.650. The molecule has 21 heavy (non-hydrogen) atoms. The van der Waals surface area contributed by atoms with Crippen molar-refractivity contribution in [2.45, 2.75) is 23.3 Å². The van der Waals surface area contributed by atoms with Gasteiger partial charge in [-0.2, -0.15) is 9.98 Å². The summed E-state index contributed by atoms with van der Waals surface area (Å²) in [6.07, 6.45) is 0.904. The number of hydrogen-bond acceptors (Lipinski definition) is 4. The molecule has 0 bridgehead atoms. The third-order valence-corrected chi connectivity index (χ3v) is 6.08. The maximum absolute atomic E-state index is 12.5. The van der Waals surface area contributed by atoms with Crippen molar-refractivity contribution < 1.29 is 8.42 Å². The Morgan fingerprint density at radius 2 is 2.05 bits per heavy atom. The highest BCUT2D eigenvalue weighted by molar-refractivity contribution is 9.10. The minimum atomic E-state index is -3.84. The van der Waals surface area contributed by atoms with Crippen LogP contribution >= 0.6 is 27.5 Å². The summed E-state index contributed by atoms with van der Waals surface area (Å²) in [7, 11) is -1.89. The van der Waals surface area contributed by atoms with Crippen molar-refractivity contribution >= 4 is 37.6 Å². The molecule has 1 fully saturated rings. The van der Waals surface area contributed by atoms with Crippen molar-refractivity contribution in [1.29, 1.82) is 5.26 Å². The van der Waals surface area contributed by atoms with Crippen LogP contribution in [0.5, 0.6) is 0 Å². The number of nitrogens with one attached hydrogen (secondary N) is 1. The van der Waals surface area contributed by atoms with E-state index in [0.717, 1.165) is 0 Å². The van der Waals surface area contributed by atoms with Gasteiger partial charge in [0.1, 0.15) is 10.4 Å². The number of nitrogens with zero attached hydrogens (tertiary/aromatic N) is 2. The first kappa shape index (κ1) is 16.7. The zero-order valence-corrected chi connectivity index (χ0v) is 14.6. The zero-order valence-electron chi connectivity index (χ0n) is 11.4. The zero-order chi connectivity index (χ0) is 15.7. The molecule has 1 aliphatic heterocycles. The summed E-state index contributed by atoms with van der Waals surface area (Å²) >= 11 is 9.24. The molecule has 0 saturated carbocycles. The lowest BCUT2D eigenvalue weighted by Crippen LogP contribution is -2.53. The SMILES string of the molecule is CN1CCC(C#N)(NS(=O)(=O)c2ccc(Br)cc2Cl)CC1. The quantitative estimate of drug-likeness (QED) is 0.857. The molecular formula is C13H15BrClN3O2S. The maximum Gasteiger partial charge on any atom is 0.243 e. The van der Waals surface area contributed by atoms with Crippen LogP contribution < -0.4 is 4.72 Å². The van der Waals surface area contributed by atoms with Crippen molar-refractivity contribution in [2.24, 2.45) is 0 Å². The van der Waals surface area contributed by atoms with Crippen LogP contribution in [0.15, 0.2) is 27.6 Å². The normalized spacial score (nSPS) is 19.1. The van der Waals surface area contributed by atoms with E-state index in [0.29, 0.717) is 30.4 Å². The molecule has 0 aliphatic carbocycles. The minimum absolute atomic E-state index is 0.0130. The topological polar surface area (TPSA) is 73.2 Å². The Morgan fingerprint density at radius 3 is 2.57 bits per heavy atom. The monoisotopic (exact) mass is 391 g/mol. The summed E-state index contributed by atoms with van der Waals surface area (Å²) in [4.78, 5) is 2.05. The van der Waals surface area contributed by atoms with Gasteiger partial charge in [0.15, 0.2) is 0 Å². The molecule has 2 rings (SSSR count). The Kier molecular flexibility index (Phi) is 4.96. The Balaban J connectivity index is 2.30. The molecule has 8 heteroatoms. The van der Waals surface area contributed by atoms with Gasteiger partial charge in [0.25, 0.3) is 0 Å². The molecule has 1 aromatic rings. The van der Waals surface area contributed by atoms with E-state index in [-0.39, 0.29) is 9.92 Å². The lowest BCUT2D eigenvalue weighted by atomic mass is 9.91. The Bertz CT molecular complexity index is 679. The number of halogens is 2. The second-order valence-electron chi connectivity index (χ2n) is 5.18. The number of hydrogen-bond donors (Lipinski definition) is 1. The lowest BCUT2D eigenvalue weighted by molar-refractivity contribution is 0.213. The lowest BCUT2D eigenvalue weighted by Gasteiger charge is -2.35. The van der Waals surface area contributed by atoms with Gasteiger partial charge in [-0.1, -0.05) is 27.5 Å². The van der Waals surface area contributed by atoms with Crippen LogP contribution in [0.1, 0.15) is 12.8 Å². The van der Waals surface area contributed by atoms with E-state index in [1.807, 2.05) is 7.05 Å². The fourth-order valence-corrected chi connectivity index (χ4v) is 4.66. The third-order valence-electron chi connectivity index (χ3n) is 3.57. The highest BCUT2D eigenvalue weighted by Crippen LogP contribution is 2.28. The summed E-state index contributed by atoms with van der Waals surface area (Å²) in [6, 6.07) is 6.67. The van der Waals surface area contributed by atoms with E-state index < -0.39 is 15.6 Å². The number of benzene rings is 1. The molecule has 1 aromatic carbocycles. The van der Waals surface area contributed by atoms with Crippen LogP contribution in [0.25, 0.3) is 0 Å². The fourth-order valence-electron chi connectivity index (χ4n) is 2.24. The molecule has 5 nitrogen and oxygen atoms in total. The molecule has 1 saturated heterocycles. The highest BCUT2D eigenvalue weighted by atomic mass is 79.9. The number of sulfonamides is 1. The van der Waals surface area contributed by atoms with Crippen LogP contribution in [0.4, 0.5) is 0 Å². The summed E-state index contributed by atoms with van der Waals surface area (Å²) in [5, 5.41) is 9.54. The van der Waals surface area contributed by atoms with E-state index >= 15 is 0 Å². The first-order valence-corrected chi connectivity index (χ1v) is 9.02.